The summed E-state index contributed by atoms with van der Waals surface area (Å²) in [5.41, 5.74) is 13.0. The molecule has 78 heavy (non-hydrogen) atoms. The van der Waals surface area contributed by atoms with Crippen LogP contribution in [-0.2, 0) is 0 Å². The molecule has 6 heterocycles. The van der Waals surface area contributed by atoms with Gasteiger partial charge in [-0.15, -0.1) is 22.7 Å². The minimum absolute atomic E-state index is 0.817. The zero-order valence-electron chi connectivity index (χ0n) is 41.3. The number of anilines is 6. The lowest BCUT2D eigenvalue weighted by Gasteiger charge is -2.25. The van der Waals surface area contributed by atoms with Crippen LogP contribution in [0.5, 0.6) is 0 Å². The van der Waals surface area contributed by atoms with Crippen LogP contribution in [0, 0.1) is 0 Å². The Hall–Kier alpha value is -9.86. The van der Waals surface area contributed by atoms with Gasteiger partial charge in [-0.05, 0) is 156 Å². The molecule has 0 saturated heterocycles. The predicted octanol–water partition coefficient (Wildman–Crippen LogP) is 22.1. The Balaban J connectivity index is 0.761. The number of fused-ring (bicyclic) bond motifs is 19. The van der Waals surface area contributed by atoms with E-state index < -0.39 is 0 Å². The molecule has 0 saturated carbocycles. The summed E-state index contributed by atoms with van der Waals surface area (Å²) >= 11 is 3.66. The lowest BCUT2D eigenvalue weighted by Crippen LogP contribution is -2.09. The SMILES string of the molecule is c1ccc2c(c1)oc1ccc(N(c3ccc4c(c3)oc3cc5cc6c(cc5cc34)oc3cc(N(c4ccc5oc7ccccc7c5c4)c4ccc5sc7ccccc7c5c4)ccc36)c3ccc4sc5ccccc5c4c3)cc12. The summed E-state index contributed by atoms with van der Waals surface area (Å²) in [6, 6.07) is 82.6. The molecule has 0 fully saturated rings. The number of furan rings is 4. The smallest absolute Gasteiger partial charge is 0.137 e. The van der Waals surface area contributed by atoms with Crippen molar-refractivity contribution in [3.8, 4) is 0 Å². The number of nitrogens with zero attached hydrogens (tertiary/aromatic N) is 2. The van der Waals surface area contributed by atoms with Crippen LogP contribution in [0.4, 0.5) is 34.1 Å². The number of para-hydroxylation sites is 2. The Morgan fingerprint density at radius 2 is 0.513 bits per heavy atom. The van der Waals surface area contributed by atoms with Crippen molar-refractivity contribution in [3.05, 3.63) is 231 Å². The van der Waals surface area contributed by atoms with Gasteiger partial charge in [0.2, 0.25) is 0 Å². The minimum atomic E-state index is 0.817. The fraction of sp³-hybridized carbons (Fsp3) is 0. The van der Waals surface area contributed by atoms with E-state index in [1.165, 1.54) is 40.3 Å². The fourth-order valence-corrected chi connectivity index (χ4v) is 14.5. The maximum Gasteiger partial charge on any atom is 0.137 e. The lowest BCUT2D eigenvalue weighted by molar-refractivity contribution is 0.668. The van der Waals surface area contributed by atoms with Gasteiger partial charge in [-0.1, -0.05) is 72.8 Å². The highest BCUT2D eigenvalue weighted by atomic mass is 32.1. The van der Waals surface area contributed by atoms with Crippen molar-refractivity contribution in [3.63, 3.8) is 0 Å². The van der Waals surface area contributed by atoms with Crippen LogP contribution in [0.25, 0.3) is 139 Å². The van der Waals surface area contributed by atoms with Gasteiger partial charge in [0.25, 0.3) is 0 Å². The Labute approximate surface area is 450 Å². The maximum atomic E-state index is 6.88. The van der Waals surface area contributed by atoms with E-state index >= 15 is 0 Å². The molecule has 0 N–H and O–H groups in total. The molecule has 0 atom stereocenters. The number of thiophene rings is 2. The zero-order chi connectivity index (χ0) is 50.7. The van der Waals surface area contributed by atoms with Gasteiger partial charge in [0, 0.05) is 130 Å². The summed E-state index contributed by atoms with van der Waals surface area (Å²) in [6.07, 6.45) is 0. The van der Waals surface area contributed by atoms with Gasteiger partial charge in [0.15, 0.2) is 0 Å². The van der Waals surface area contributed by atoms with E-state index in [4.69, 9.17) is 17.7 Å². The number of rotatable bonds is 6. The van der Waals surface area contributed by atoms with Crippen molar-refractivity contribution in [2.45, 2.75) is 0 Å². The fourth-order valence-electron chi connectivity index (χ4n) is 12.4. The first-order valence-corrected chi connectivity index (χ1v) is 27.7. The summed E-state index contributed by atoms with van der Waals surface area (Å²) in [7, 11) is 0. The number of hydrogen-bond acceptors (Lipinski definition) is 8. The topological polar surface area (TPSA) is 59.0 Å². The van der Waals surface area contributed by atoms with Gasteiger partial charge in [-0.2, -0.15) is 0 Å². The average Bonchev–Trinajstić information content (AvgIpc) is 4.41. The molecular weight excluding hydrogens is 997 g/mol. The molecule has 6 nitrogen and oxygen atoms in total. The zero-order valence-corrected chi connectivity index (χ0v) is 42.9. The molecule has 0 aliphatic carbocycles. The molecule has 0 aliphatic heterocycles. The summed E-state index contributed by atoms with van der Waals surface area (Å²) in [4.78, 5) is 4.67. The van der Waals surface area contributed by atoms with Crippen LogP contribution < -0.4 is 9.80 Å². The van der Waals surface area contributed by atoms with Crippen LogP contribution in [-0.4, -0.2) is 0 Å². The van der Waals surface area contributed by atoms with Crippen molar-refractivity contribution < 1.29 is 17.7 Å². The van der Waals surface area contributed by atoms with E-state index in [0.29, 0.717) is 0 Å². The molecule has 0 aliphatic rings. The summed E-state index contributed by atoms with van der Waals surface area (Å²) in [5.74, 6) is 0. The first-order chi connectivity index (χ1) is 38.6. The second kappa shape index (κ2) is 15.8. The lowest BCUT2D eigenvalue weighted by atomic mass is 10.0. The molecule has 8 heteroatoms. The number of hydrogen-bond donors (Lipinski definition) is 0. The molecule has 6 aromatic heterocycles. The van der Waals surface area contributed by atoms with Crippen molar-refractivity contribution in [2.24, 2.45) is 0 Å². The molecule has 0 spiro atoms. The molecule has 18 rings (SSSR count). The Bertz CT molecular complexity index is 5000. The normalized spacial score (nSPS) is 12.4. The predicted molar refractivity (Wildman–Crippen MR) is 328 cm³/mol. The molecule has 0 unspecified atom stereocenters. The van der Waals surface area contributed by atoms with E-state index in [1.807, 2.05) is 46.9 Å². The van der Waals surface area contributed by atoms with E-state index in [0.717, 1.165) is 133 Å². The summed E-state index contributed by atoms with van der Waals surface area (Å²) < 4.78 is 31.4. The van der Waals surface area contributed by atoms with Crippen LogP contribution in [0.3, 0.4) is 0 Å². The summed E-state index contributed by atoms with van der Waals surface area (Å²) in [6.45, 7) is 0. The molecular formula is C70H38N2O4S2. The van der Waals surface area contributed by atoms with E-state index in [2.05, 4.69) is 216 Å². The highest BCUT2D eigenvalue weighted by molar-refractivity contribution is 7.26. The second-order valence-corrected chi connectivity index (χ2v) is 22.6. The van der Waals surface area contributed by atoms with Gasteiger partial charge in [-0.25, -0.2) is 0 Å². The van der Waals surface area contributed by atoms with E-state index in [9.17, 15) is 0 Å². The third kappa shape index (κ3) is 6.24. The van der Waals surface area contributed by atoms with Crippen LogP contribution in [0.1, 0.15) is 0 Å². The summed E-state index contributed by atoms with van der Waals surface area (Å²) in [5, 5.41) is 15.7. The maximum absolute atomic E-state index is 6.88. The minimum Gasteiger partial charge on any atom is -0.456 e. The second-order valence-electron chi connectivity index (χ2n) is 20.4. The third-order valence-electron chi connectivity index (χ3n) is 16.0. The van der Waals surface area contributed by atoms with Crippen LogP contribution >= 0.6 is 22.7 Å². The highest BCUT2D eigenvalue weighted by Gasteiger charge is 2.22. The average molecular weight is 1040 g/mol. The first kappa shape index (κ1) is 42.4. The van der Waals surface area contributed by atoms with Crippen LogP contribution in [0.15, 0.2) is 248 Å². The van der Waals surface area contributed by atoms with Gasteiger partial charge in [-0.3, -0.25) is 0 Å². The van der Waals surface area contributed by atoms with Gasteiger partial charge in [0.1, 0.15) is 44.7 Å². The molecule has 0 bridgehead atoms. The van der Waals surface area contributed by atoms with Crippen molar-refractivity contribution in [1.29, 1.82) is 0 Å². The molecule has 18 aromatic rings. The van der Waals surface area contributed by atoms with Crippen molar-refractivity contribution in [2.75, 3.05) is 9.80 Å². The molecule has 364 valence electrons. The quantitative estimate of drug-likeness (QED) is 0.165. The monoisotopic (exact) mass is 1030 g/mol. The highest BCUT2D eigenvalue weighted by Crippen LogP contribution is 2.47. The molecule has 0 amide bonds. The largest absolute Gasteiger partial charge is 0.456 e. The Kier molecular flexibility index (Phi) is 8.61. The Morgan fingerprint density at radius 3 is 0.987 bits per heavy atom. The Morgan fingerprint density at radius 1 is 0.205 bits per heavy atom. The van der Waals surface area contributed by atoms with E-state index in [1.54, 1.807) is 0 Å². The standard InChI is InChI=1S/C70H38N2O4S2/c1-5-13-59-47(9-1)55-33-41(19-25-61(55)73-59)71(43-21-27-69-57(35-43)51-11-3-7-15-67(51)77-69)45-17-23-49-53-29-39-32-64-54(30-40(39)31-63(53)75-65(49)37-45)50-24-18-46(38-66(50)76-64)72(42-20-26-62-56(34-42)48-10-2-6-14-60(48)74-62)44-22-28-70-58(36-44)52-12-4-8-16-68(52)78-70/h1-38H. The number of benzene rings is 12. The third-order valence-corrected chi connectivity index (χ3v) is 18.3. The molecule has 0 radical (unpaired) electrons. The van der Waals surface area contributed by atoms with Gasteiger partial charge in [0.05, 0.1) is 0 Å². The van der Waals surface area contributed by atoms with Gasteiger partial charge >= 0.3 is 0 Å². The van der Waals surface area contributed by atoms with Crippen molar-refractivity contribution >= 4 is 196 Å². The van der Waals surface area contributed by atoms with Crippen LogP contribution in [0.2, 0.25) is 0 Å². The first-order valence-electron chi connectivity index (χ1n) is 26.1. The van der Waals surface area contributed by atoms with Gasteiger partial charge < -0.3 is 27.5 Å². The van der Waals surface area contributed by atoms with E-state index in [-0.39, 0.29) is 0 Å². The van der Waals surface area contributed by atoms with Crippen molar-refractivity contribution in [1.82, 2.24) is 0 Å². The molecule has 12 aromatic carbocycles.